The summed E-state index contributed by atoms with van der Waals surface area (Å²) in [5, 5.41) is -0.331. The van der Waals surface area contributed by atoms with Crippen LogP contribution in [0.5, 0.6) is 11.9 Å². The van der Waals surface area contributed by atoms with Crippen LogP contribution in [0.2, 0.25) is 5.15 Å². The van der Waals surface area contributed by atoms with E-state index >= 15 is 4.39 Å². The lowest BCUT2D eigenvalue weighted by atomic mass is 9.89. The number of hydrogen-bond acceptors (Lipinski definition) is 12. The van der Waals surface area contributed by atoms with Crippen molar-refractivity contribution < 1.29 is 41.7 Å². The number of hydrogen-bond donors (Lipinski definition) is 0. The zero-order valence-electron chi connectivity index (χ0n) is 30.8. The average molecular weight is 762 g/mol. The van der Waals surface area contributed by atoms with Crippen molar-refractivity contribution in [1.82, 2.24) is 24.8 Å². The molecule has 1 spiro atoms. The molecule has 6 heterocycles. The van der Waals surface area contributed by atoms with E-state index in [1.165, 1.54) is 6.20 Å². The lowest BCUT2D eigenvalue weighted by Gasteiger charge is -2.33. The Morgan fingerprint density at radius 1 is 1.06 bits per heavy atom. The number of rotatable bonds is 6. The van der Waals surface area contributed by atoms with Crippen LogP contribution >= 0.6 is 11.6 Å². The third kappa shape index (κ3) is 6.77. The van der Waals surface area contributed by atoms with Crippen molar-refractivity contribution in [3.63, 3.8) is 0 Å². The maximum absolute atomic E-state index is 15.8. The second kappa shape index (κ2) is 12.7. The van der Waals surface area contributed by atoms with Gasteiger partial charge in [-0.25, -0.2) is 27.7 Å². The molecule has 286 valence electrons. The van der Waals surface area contributed by atoms with Crippen molar-refractivity contribution in [3.8, 4) is 11.9 Å². The number of anilines is 2. The summed E-state index contributed by atoms with van der Waals surface area (Å²) >= 11 is 6.21. The quantitative estimate of drug-likeness (QED) is 0.231. The molecular weight excluding hydrogens is 719 g/mol. The molecule has 0 aromatic carbocycles. The Morgan fingerprint density at radius 3 is 2.38 bits per heavy atom. The fourth-order valence-electron chi connectivity index (χ4n) is 7.78. The number of halogens is 4. The number of aromatic nitrogens is 4. The first kappa shape index (κ1) is 37.1. The Bertz CT molecular complexity index is 1950. The molecule has 4 aliphatic rings. The molecule has 53 heavy (non-hydrogen) atoms. The molecule has 7 rings (SSSR count). The fraction of sp³-hybridized carbons (Fsp3) is 0.611. The molecule has 0 unspecified atom stereocenters. The SMILES string of the molecule is C[C@H](c1cccnc1N(C(=O)OC(C)(C)C)C(=O)OC(C)(C)C)N1CCOc2nc(Cl)c(F)c3nc(OC[C@@]45CCCN4C[C@]4(CC4(F)F)C5)nc1c23. The highest BCUT2D eigenvalue weighted by Crippen LogP contribution is 2.69. The highest BCUT2D eigenvalue weighted by molar-refractivity contribution is 6.30. The van der Waals surface area contributed by atoms with Gasteiger partial charge in [-0.15, -0.1) is 0 Å². The fourth-order valence-corrected chi connectivity index (χ4v) is 7.95. The van der Waals surface area contributed by atoms with Gasteiger partial charge in [0.05, 0.1) is 23.5 Å². The normalized spacial score (nSPS) is 24.0. The number of ether oxygens (including phenoxy) is 4. The molecule has 17 heteroatoms. The number of imide groups is 1. The van der Waals surface area contributed by atoms with Gasteiger partial charge in [-0.05, 0) is 80.3 Å². The number of fused-ring (bicyclic) bond motifs is 1. The zero-order valence-corrected chi connectivity index (χ0v) is 31.5. The molecule has 3 atom stereocenters. The molecule has 3 aromatic heterocycles. The molecule has 3 aromatic rings. The van der Waals surface area contributed by atoms with E-state index in [1.807, 2.05) is 0 Å². The summed E-state index contributed by atoms with van der Waals surface area (Å²) in [6.45, 7) is 13.1. The summed E-state index contributed by atoms with van der Waals surface area (Å²) in [5.74, 6) is -3.49. The van der Waals surface area contributed by atoms with Crippen molar-refractivity contribution >= 4 is 46.3 Å². The van der Waals surface area contributed by atoms with Crippen LogP contribution in [0.3, 0.4) is 0 Å². The molecule has 2 amide bonds. The summed E-state index contributed by atoms with van der Waals surface area (Å²) in [6.07, 6.45) is 1.09. The molecule has 1 saturated carbocycles. The van der Waals surface area contributed by atoms with Crippen LogP contribution in [0.1, 0.15) is 85.8 Å². The van der Waals surface area contributed by atoms with Crippen molar-refractivity contribution in [3.05, 3.63) is 34.9 Å². The number of alkyl halides is 2. The molecule has 3 fully saturated rings. The first-order valence-electron chi connectivity index (χ1n) is 17.7. The zero-order chi connectivity index (χ0) is 38.3. The maximum Gasteiger partial charge on any atom is 0.425 e. The maximum atomic E-state index is 15.8. The predicted molar refractivity (Wildman–Crippen MR) is 188 cm³/mol. The van der Waals surface area contributed by atoms with Crippen LogP contribution in [0, 0.1) is 11.2 Å². The summed E-state index contributed by atoms with van der Waals surface area (Å²) in [4.78, 5) is 49.7. The largest absolute Gasteiger partial charge is 0.475 e. The first-order valence-corrected chi connectivity index (χ1v) is 18.0. The summed E-state index contributed by atoms with van der Waals surface area (Å²) in [6, 6.07) is 2.45. The van der Waals surface area contributed by atoms with Gasteiger partial charge in [-0.2, -0.15) is 19.9 Å². The minimum atomic E-state index is -2.71. The van der Waals surface area contributed by atoms with Crippen molar-refractivity contribution in [1.29, 1.82) is 0 Å². The second-order valence-electron chi connectivity index (χ2n) is 16.4. The third-order valence-electron chi connectivity index (χ3n) is 10.2. The third-order valence-corrected chi connectivity index (χ3v) is 10.4. The molecule has 1 aliphatic carbocycles. The molecule has 13 nitrogen and oxygen atoms in total. The average Bonchev–Trinajstić information content (AvgIpc) is 3.25. The van der Waals surface area contributed by atoms with Crippen LogP contribution < -0.4 is 19.3 Å². The summed E-state index contributed by atoms with van der Waals surface area (Å²) in [5.41, 5.74) is -3.40. The number of pyridine rings is 2. The van der Waals surface area contributed by atoms with Gasteiger partial charge in [-0.1, -0.05) is 17.7 Å². The lowest BCUT2D eigenvalue weighted by molar-refractivity contribution is 0.0428. The number of amides is 2. The smallest absolute Gasteiger partial charge is 0.425 e. The molecule has 0 N–H and O–H groups in total. The lowest BCUT2D eigenvalue weighted by Crippen LogP contribution is -2.45. The first-order chi connectivity index (χ1) is 24.7. The predicted octanol–water partition coefficient (Wildman–Crippen LogP) is 7.49. The Hall–Kier alpha value is -4.18. The van der Waals surface area contributed by atoms with Gasteiger partial charge in [0.1, 0.15) is 41.1 Å². The van der Waals surface area contributed by atoms with E-state index in [0.29, 0.717) is 25.1 Å². The van der Waals surface area contributed by atoms with E-state index in [-0.39, 0.29) is 67.0 Å². The van der Waals surface area contributed by atoms with E-state index < -0.39 is 57.3 Å². The van der Waals surface area contributed by atoms with Gasteiger partial charge >= 0.3 is 18.2 Å². The van der Waals surface area contributed by atoms with Gasteiger partial charge in [0, 0.05) is 24.7 Å². The Labute approximate surface area is 310 Å². The van der Waals surface area contributed by atoms with Crippen molar-refractivity contribution in [2.45, 2.75) is 103 Å². The molecule has 3 aliphatic heterocycles. The highest BCUT2D eigenvalue weighted by Gasteiger charge is 2.77. The van der Waals surface area contributed by atoms with Gasteiger partial charge < -0.3 is 23.8 Å². The van der Waals surface area contributed by atoms with Crippen LogP contribution in [-0.4, -0.2) is 92.5 Å². The standard InChI is InChI=1S/C36H43ClF3N7O6/c1-20(21-10-8-12-41-26(21)47(30(48)52-32(2,3)4)31(49)53-33(5,6)7)46-14-15-50-28-22-24(23(38)25(37)43-28)42-29(44-27(22)46)51-19-35-11-9-13-45(35)18-34(16-35)17-36(34,39)40/h8,10,12,20H,9,11,13-19H2,1-7H3/t20-,34-,35+/m1/s1. The Morgan fingerprint density at radius 2 is 1.74 bits per heavy atom. The van der Waals surface area contributed by atoms with Crippen molar-refractivity contribution in [2.24, 2.45) is 5.41 Å². The van der Waals surface area contributed by atoms with Gasteiger partial charge in [0.2, 0.25) is 5.88 Å². The molecule has 0 bridgehead atoms. The van der Waals surface area contributed by atoms with E-state index in [1.54, 1.807) is 65.5 Å². The number of carbonyl (C=O) groups excluding carboxylic acids is 2. The highest BCUT2D eigenvalue weighted by atomic mass is 35.5. The van der Waals surface area contributed by atoms with Gasteiger partial charge in [0.25, 0.3) is 5.92 Å². The Balaban J connectivity index is 1.28. The van der Waals surface area contributed by atoms with E-state index in [4.69, 9.17) is 35.5 Å². The molecular formula is C36H43ClF3N7O6. The van der Waals surface area contributed by atoms with Crippen molar-refractivity contribution in [2.75, 3.05) is 42.6 Å². The summed E-state index contributed by atoms with van der Waals surface area (Å²) < 4.78 is 68.3. The van der Waals surface area contributed by atoms with E-state index in [9.17, 15) is 18.4 Å². The van der Waals surface area contributed by atoms with E-state index in [0.717, 1.165) is 11.3 Å². The van der Waals surface area contributed by atoms with Gasteiger partial charge in [0.15, 0.2) is 16.8 Å². The number of carbonyl (C=O) groups is 2. The minimum Gasteiger partial charge on any atom is -0.475 e. The van der Waals surface area contributed by atoms with Crippen LogP contribution in [0.25, 0.3) is 10.9 Å². The topological polar surface area (TPSA) is 132 Å². The van der Waals surface area contributed by atoms with Crippen LogP contribution in [0.4, 0.5) is 34.4 Å². The molecule has 2 saturated heterocycles. The second-order valence-corrected chi connectivity index (χ2v) is 16.7. The van der Waals surface area contributed by atoms with Crippen LogP contribution in [0.15, 0.2) is 18.3 Å². The summed E-state index contributed by atoms with van der Waals surface area (Å²) in [7, 11) is 0. The van der Waals surface area contributed by atoms with Crippen LogP contribution in [-0.2, 0) is 9.47 Å². The molecule has 0 radical (unpaired) electrons. The monoisotopic (exact) mass is 761 g/mol. The minimum absolute atomic E-state index is 0.00691. The van der Waals surface area contributed by atoms with E-state index in [2.05, 4.69) is 19.9 Å². The Kier molecular flexibility index (Phi) is 8.91. The van der Waals surface area contributed by atoms with Gasteiger partial charge in [-0.3, -0.25) is 4.90 Å². The number of nitrogens with zero attached hydrogens (tertiary/aromatic N) is 7.